The molecule has 1 aromatic heterocycles. The minimum absolute atomic E-state index is 0.0440. The van der Waals surface area contributed by atoms with Crippen LogP contribution in [-0.2, 0) is 17.6 Å². The number of rotatable bonds is 6. The van der Waals surface area contributed by atoms with Crippen molar-refractivity contribution in [3.63, 3.8) is 0 Å². The molecule has 3 nitrogen and oxygen atoms in total. The molecule has 0 aliphatic rings. The first-order chi connectivity index (χ1) is 9.28. The van der Waals surface area contributed by atoms with Crippen LogP contribution in [-0.4, -0.2) is 23.7 Å². The summed E-state index contributed by atoms with van der Waals surface area (Å²) in [5.41, 5.74) is 1.11. The van der Waals surface area contributed by atoms with E-state index in [2.05, 4.69) is 5.32 Å². The Morgan fingerprint density at radius 3 is 2.63 bits per heavy atom. The van der Waals surface area contributed by atoms with Crippen molar-refractivity contribution >= 4 is 17.2 Å². The molecule has 0 spiro atoms. The molecule has 0 saturated carbocycles. The van der Waals surface area contributed by atoms with Gasteiger partial charge in [-0.25, -0.2) is 0 Å². The van der Waals surface area contributed by atoms with Gasteiger partial charge in [0.15, 0.2) is 0 Å². The SMILES string of the molecule is O=C(Cc1cccs1)N[C@H](CO)Cc1ccccc1. The molecular weight excluding hydrogens is 258 g/mol. The van der Waals surface area contributed by atoms with Crippen molar-refractivity contribution in [2.45, 2.75) is 18.9 Å². The number of nitrogens with one attached hydrogen (secondary N) is 1. The second kappa shape index (κ2) is 7.07. The van der Waals surface area contributed by atoms with E-state index in [1.54, 1.807) is 11.3 Å². The highest BCUT2D eigenvalue weighted by molar-refractivity contribution is 7.10. The Kier molecular flexibility index (Phi) is 5.12. The number of hydrogen-bond donors (Lipinski definition) is 2. The average Bonchev–Trinajstić information content (AvgIpc) is 2.92. The van der Waals surface area contributed by atoms with Gasteiger partial charge in [-0.3, -0.25) is 4.79 Å². The van der Waals surface area contributed by atoms with E-state index in [0.29, 0.717) is 12.8 Å². The molecule has 0 bridgehead atoms. The van der Waals surface area contributed by atoms with Crippen LogP contribution in [0.1, 0.15) is 10.4 Å². The Bertz CT molecular complexity index is 496. The van der Waals surface area contributed by atoms with Crippen molar-refractivity contribution in [1.82, 2.24) is 5.32 Å². The summed E-state index contributed by atoms with van der Waals surface area (Å²) in [6.45, 7) is -0.0505. The van der Waals surface area contributed by atoms with Gasteiger partial charge in [0.2, 0.25) is 5.91 Å². The van der Waals surface area contributed by atoms with Gasteiger partial charge >= 0.3 is 0 Å². The number of amides is 1. The monoisotopic (exact) mass is 275 g/mol. The molecule has 0 fully saturated rings. The minimum atomic E-state index is -0.227. The second-order valence-electron chi connectivity index (χ2n) is 4.39. The Hall–Kier alpha value is -1.65. The molecule has 0 aliphatic carbocycles. The van der Waals surface area contributed by atoms with Gasteiger partial charge in [-0.2, -0.15) is 0 Å². The number of aliphatic hydroxyl groups is 1. The second-order valence-corrected chi connectivity index (χ2v) is 5.43. The zero-order valence-electron chi connectivity index (χ0n) is 10.6. The maximum absolute atomic E-state index is 11.9. The standard InChI is InChI=1S/C15H17NO2S/c17-11-13(9-12-5-2-1-3-6-12)16-15(18)10-14-7-4-8-19-14/h1-8,13,17H,9-11H2,(H,16,18)/t13-/m0/s1. The van der Waals surface area contributed by atoms with Crippen LogP contribution in [0.25, 0.3) is 0 Å². The van der Waals surface area contributed by atoms with Gasteiger partial charge in [0.1, 0.15) is 0 Å². The molecule has 0 unspecified atom stereocenters. The molecule has 0 aliphatic heterocycles. The van der Waals surface area contributed by atoms with Crippen LogP contribution in [0.4, 0.5) is 0 Å². The molecule has 2 N–H and O–H groups in total. The van der Waals surface area contributed by atoms with E-state index in [1.165, 1.54) is 0 Å². The van der Waals surface area contributed by atoms with Crippen LogP contribution >= 0.6 is 11.3 Å². The molecule has 1 aromatic carbocycles. The van der Waals surface area contributed by atoms with Crippen molar-refractivity contribution < 1.29 is 9.90 Å². The summed E-state index contributed by atoms with van der Waals surface area (Å²) in [6, 6.07) is 13.5. The fourth-order valence-corrected chi connectivity index (χ4v) is 2.61. The van der Waals surface area contributed by atoms with E-state index in [-0.39, 0.29) is 18.6 Å². The highest BCUT2D eigenvalue weighted by Crippen LogP contribution is 2.09. The lowest BCUT2D eigenvalue weighted by Gasteiger charge is -2.16. The smallest absolute Gasteiger partial charge is 0.225 e. The Balaban J connectivity index is 1.86. The van der Waals surface area contributed by atoms with Crippen LogP contribution in [0, 0.1) is 0 Å². The lowest BCUT2D eigenvalue weighted by Crippen LogP contribution is -2.39. The zero-order chi connectivity index (χ0) is 13.5. The van der Waals surface area contributed by atoms with Crippen molar-refractivity contribution in [3.05, 3.63) is 58.3 Å². The highest BCUT2D eigenvalue weighted by Gasteiger charge is 2.12. The molecule has 19 heavy (non-hydrogen) atoms. The summed E-state index contributed by atoms with van der Waals surface area (Å²) in [6.07, 6.45) is 1.02. The molecule has 100 valence electrons. The topological polar surface area (TPSA) is 49.3 Å². The van der Waals surface area contributed by atoms with Crippen molar-refractivity contribution in [1.29, 1.82) is 0 Å². The molecule has 1 atom stereocenters. The van der Waals surface area contributed by atoms with Gasteiger partial charge < -0.3 is 10.4 Å². The van der Waals surface area contributed by atoms with E-state index in [0.717, 1.165) is 10.4 Å². The van der Waals surface area contributed by atoms with Crippen LogP contribution in [0.5, 0.6) is 0 Å². The Labute approximate surface area is 116 Å². The fourth-order valence-electron chi connectivity index (χ4n) is 1.91. The van der Waals surface area contributed by atoms with E-state index >= 15 is 0 Å². The number of hydrogen-bond acceptors (Lipinski definition) is 3. The van der Waals surface area contributed by atoms with Crippen LogP contribution in [0.2, 0.25) is 0 Å². The van der Waals surface area contributed by atoms with Gasteiger partial charge in [-0.15, -0.1) is 11.3 Å². The van der Waals surface area contributed by atoms with Crippen LogP contribution < -0.4 is 5.32 Å². The molecule has 2 rings (SSSR count). The van der Waals surface area contributed by atoms with E-state index in [1.807, 2.05) is 47.8 Å². The molecular formula is C15H17NO2S. The van der Waals surface area contributed by atoms with Gasteiger partial charge in [0.25, 0.3) is 0 Å². The molecule has 1 amide bonds. The Morgan fingerprint density at radius 2 is 2.00 bits per heavy atom. The number of thiophene rings is 1. The summed E-state index contributed by atoms with van der Waals surface area (Å²) >= 11 is 1.57. The third-order valence-corrected chi connectivity index (χ3v) is 3.70. The largest absolute Gasteiger partial charge is 0.394 e. The fraction of sp³-hybridized carbons (Fsp3) is 0.267. The van der Waals surface area contributed by atoms with E-state index in [4.69, 9.17) is 0 Å². The summed E-state index contributed by atoms with van der Waals surface area (Å²) < 4.78 is 0. The molecule has 1 heterocycles. The highest BCUT2D eigenvalue weighted by atomic mass is 32.1. The van der Waals surface area contributed by atoms with Gasteiger partial charge in [-0.1, -0.05) is 36.4 Å². The molecule has 0 radical (unpaired) electrons. The maximum Gasteiger partial charge on any atom is 0.225 e. The summed E-state index contributed by atoms with van der Waals surface area (Å²) in [4.78, 5) is 12.9. The van der Waals surface area contributed by atoms with E-state index < -0.39 is 0 Å². The summed E-state index contributed by atoms with van der Waals surface area (Å²) in [7, 11) is 0. The van der Waals surface area contributed by atoms with Crippen molar-refractivity contribution in [2.24, 2.45) is 0 Å². The number of carbonyl (C=O) groups is 1. The summed E-state index contributed by atoms with van der Waals surface area (Å²) in [5, 5.41) is 14.2. The quantitative estimate of drug-likeness (QED) is 0.847. The predicted molar refractivity (Wildman–Crippen MR) is 77.2 cm³/mol. The van der Waals surface area contributed by atoms with Crippen LogP contribution in [0.3, 0.4) is 0 Å². The van der Waals surface area contributed by atoms with Crippen molar-refractivity contribution in [3.8, 4) is 0 Å². The Morgan fingerprint density at radius 1 is 1.21 bits per heavy atom. The predicted octanol–water partition coefficient (Wildman–Crippen LogP) is 2.01. The normalized spacial score (nSPS) is 12.1. The molecule has 2 aromatic rings. The van der Waals surface area contributed by atoms with Gasteiger partial charge in [0, 0.05) is 4.88 Å². The number of aliphatic hydroxyl groups excluding tert-OH is 1. The minimum Gasteiger partial charge on any atom is -0.394 e. The first-order valence-corrected chi connectivity index (χ1v) is 7.12. The first-order valence-electron chi connectivity index (χ1n) is 6.24. The molecule has 0 saturated heterocycles. The number of benzene rings is 1. The lowest BCUT2D eigenvalue weighted by atomic mass is 10.1. The van der Waals surface area contributed by atoms with Gasteiger partial charge in [-0.05, 0) is 23.4 Å². The average molecular weight is 275 g/mol. The third kappa shape index (κ3) is 4.50. The third-order valence-electron chi connectivity index (χ3n) is 2.83. The summed E-state index contributed by atoms with van der Waals surface area (Å²) in [5.74, 6) is -0.0440. The first kappa shape index (κ1) is 13.8. The maximum atomic E-state index is 11.9. The lowest BCUT2D eigenvalue weighted by molar-refractivity contribution is -0.121. The van der Waals surface area contributed by atoms with Gasteiger partial charge in [0.05, 0.1) is 19.1 Å². The molecule has 4 heteroatoms. The number of carbonyl (C=O) groups excluding carboxylic acids is 1. The van der Waals surface area contributed by atoms with Crippen molar-refractivity contribution in [2.75, 3.05) is 6.61 Å². The van der Waals surface area contributed by atoms with E-state index in [9.17, 15) is 9.90 Å². The van der Waals surface area contributed by atoms with Crippen LogP contribution in [0.15, 0.2) is 47.8 Å². The zero-order valence-corrected chi connectivity index (χ0v) is 11.4.